The Morgan fingerprint density at radius 1 is 1.07 bits per heavy atom. The first-order valence-corrected chi connectivity index (χ1v) is 11.3. The van der Waals surface area contributed by atoms with Gasteiger partial charge in [-0.15, -0.1) is 0 Å². The van der Waals surface area contributed by atoms with Gasteiger partial charge in [-0.2, -0.15) is 0 Å². The number of aromatic nitrogens is 2. The van der Waals surface area contributed by atoms with Crippen LogP contribution < -0.4 is 5.32 Å². The molecule has 1 aliphatic rings. The summed E-state index contributed by atoms with van der Waals surface area (Å²) in [5, 5.41) is 4.90. The van der Waals surface area contributed by atoms with Crippen LogP contribution in [0.3, 0.4) is 0 Å². The number of para-hydroxylation sites is 1. The smallest absolute Gasteiger partial charge is 0.233 e. The molecule has 0 bridgehead atoms. The van der Waals surface area contributed by atoms with Crippen molar-refractivity contribution in [2.45, 2.75) is 61.8 Å². The summed E-state index contributed by atoms with van der Waals surface area (Å²) in [5.74, 6) is 1.47. The number of aryl methyl sites for hydroxylation is 1. The monoisotopic (exact) mass is 405 g/mol. The summed E-state index contributed by atoms with van der Waals surface area (Å²) < 4.78 is 0. The van der Waals surface area contributed by atoms with Gasteiger partial charge >= 0.3 is 0 Å². The Hall–Kier alpha value is -2.40. The standard InChI is InChI=1S/C24H27N3OS/c1-16(12-13-18-8-4-3-5-9-18)25-23(28)17(2)29-24-20-10-6-7-11-21(20)26-22(27-24)19-14-15-19/h3-11,16-17,19H,12-15H2,1-2H3,(H,25,28). The Kier molecular flexibility index (Phi) is 6.14. The number of thioether (sulfide) groups is 1. The first kappa shape index (κ1) is 19.9. The van der Waals surface area contributed by atoms with E-state index in [1.165, 1.54) is 17.3 Å². The van der Waals surface area contributed by atoms with Crippen molar-refractivity contribution in [3.05, 3.63) is 66.0 Å². The molecule has 150 valence electrons. The number of benzene rings is 2. The largest absolute Gasteiger partial charge is 0.353 e. The van der Waals surface area contributed by atoms with Crippen molar-refractivity contribution in [2.24, 2.45) is 0 Å². The molecule has 0 radical (unpaired) electrons. The van der Waals surface area contributed by atoms with E-state index < -0.39 is 0 Å². The lowest BCUT2D eigenvalue weighted by molar-refractivity contribution is -0.120. The zero-order valence-electron chi connectivity index (χ0n) is 17.0. The van der Waals surface area contributed by atoms with Crippen LogP contribution in [0.5, 0.6) is 0 Å². The number of rotatable bonds is 8. The van der Waals surface area contributed by atoms with Gasteiger partial charge in [0.15, 0.2) is 0 Å². The molecule has 0 saturated heterocycles. The fourth-order valence-corrected chi connectivity index (χ4v) is 4.32. The van der Waals surface area contributed by atoms with Gasteiger partial charge in [0.2, 0.25) is 5.91 Å². The Morgan fingerprint density at radius 3 is 2.55 bits per heavy atom. The molecule has 4 rings (SSSR count). The summed E-state index contributed by atoms with van der Waals surface area (Å²) in [6.07, 6.45) is 4.22. The molecular formula is C24H27N3OS. The van der Waals surface area contributed by atoms with Crippen LogP contribution >= 0.6 is 11.8 Å². The zero-order chi connectivity index (χ0) is 20.2. The van der Waals surface area contributed by atoms with Gasteiger partial charge < -0.3 is 5.32 Å². The number of nitrogens with one attached hydrogen (secondary N) is 1. The lowest BCUT2D eigenvalue weighted by atomic mass is 10.1. The molecule has 1 N–H and O–H groups in total. The van der Waals surface area contributed by atoms with Crippen LogP contribution in [0.2, 0.25) is 0 Å². The highest BCUT2D eigenvalue weighted by Gasteiger charge is 2.28. The Morgan fingerprint density at radius 2 is 1.79 bits per heavy atom. The minimum Gasteiger partial charge on any atom is -0.353 e. The van der Waals surface area contributed by atoms with E-state index in [0.29, 0.717) is 5.92 Å². The molecule has 1 saturated carbocycles. The second kappa shape index (κ2) is 8.95. The van der Waals surface area contributed by atoms with Crippen LogP contribution in [0.4, 0.5) is 0 Å². The topological polar surface area (TPSA) is 54.9 Å². The van der Waals surface area contributed by atoms with Crippen molar-refractivity contribution in [2.75, 3.05) is 0 Å². The first-order chi connectivity index (χ1) is 14.1. The Balaban J connectivity index is 1.39. The third kappa shape index (κ3) is 5.15. The maximum Gasteiger partial charge on any atom is 0.233 e. The summed E-state index contributed by atoms with van der Waals surface area (Å²) in [5.41, 5.74) is 2.27. The lowest BCUT2D eigenvalue weighted by Crippen LogP contribution is -2.37. The summed E-state index contributed by atoms with van der Waals surface area (Å²) in [6.45, 7) is 4.03. The molecule has 0 aliphatic heterocycles. The molecule has 2 unspecified atom stereocenters. The second-order valence-corrected chi connectivity index (χ2v) is 9.20. The number of hydrogen-bond donors (Lipinski definition) is 1. The molecule has 0 spiro atoms. The summed E-state index contributed by atoms with van der Waals surface area (Å²) in [4.78, 5) is 22.3. The van der Waals surface area contributed by atoms with Crippen molar-refractivity contribution in [1.82, 2.24) is 15.3 Å². The molecule has 4 nitrogen and oxygen atoms in total. The van der Waals surface area contributed by atoms with Gasteiger partial charge in [0, 0.05) is 17.3 Å². The molecule has 1 fully saturated rings. The third-order valence-electron chi connectivity index (χ3n) is 5.28. The van der Waals surface area contributed by atoms with Crippen LogP contribution in [0.15, 0.2) is 59.6 Å². The molecule has 29 heavy (non-hydrogen) atoms. The maximum atomic E-state index is 12.8. The highest BCUT2D eigenvalue weighted by molar-refractivity contribution is 8.00. The second-order valence-electron chi connectivity index (χ2n) is 7.87. The Labute approximate surface area is 176 Å². The molecule has 1 aliphatic carbocycles. The average Bonchev–Trinajstić information content (AvgIpc) is 3.58. The van der Waals surface area contributed by atoms with Gasteiger partial charge in [-0.1, -0.05) is 60.3 Å². The number of amides is 1. The van der Waals surface area contributed by atoms with E-state index in [1.807, 2.05) is 37.3 Å². The van der Waals surface area contributed by atoms with Crippen LogP contribution in [-0.4, -0.2) is 27.2 Å². The van der Waals surface area contributed by atoms with Gasteiger partial charge in [-0.05, 0) is 51.2 Å². The predicted octanol–water partition coefficient (Wildman–Crippen LogP) is 5.13. The van der Waals surface area contributed by atoms with Gasteiger partial charge in [-0.25, -0.2) is 9.97 Å². The van der Waals surface area contributed by atoms with E-state index in [9.17, 15) is 4.79 Å². The van der Waals surface area contributed by atoms with E-state index in [1.54, 1.807) is 0 Å². The van der Waals surface area contributed by atoms with Crippen molar-refractivity contribution < 1.29 is 4.79 Å². The molecule has 3 aromatic rings. The van der Waals surface area contributed by atoms with Crippen LogP contribution in [0.25, 0.3) is 10.9 Å². The van der Waals surface area contributed by atoms with Gasteiger partial charge in [0.1, 0.15) is 10.9 Å². The average molecular weight is 406 g/mol. The molecule has 5 heteroatoms. The fourth-order valence-electron chi connectivity index (χ4n) is 3.36. The quantitative estimate of drug-likeness (QED) is 0.417. The Bertz CT molecular complexity index is 988. The summed E-state index contributed by atoms with van der Waals surface area (Å²) >= 11 is 1.53. The predicted molar refractivity (Wildman–Crippen MR) is 119 cm³/mol. The van der Waals surface area contributed by atoms with Gasteiger partial charge in [0.25, 0.3) is 0 Å². The minimum absolute atomic E-state index is 0.0613. The highest BCUT2D eigenvalue weighted by Crippen LogP contribution is 2.40. The molecule has 1 heterocycles. The van der Waals surface area contributed by atoms with E-state index >= 15 is 0 Å². The number of nitrogens with zero attached hydrogens (tertiary/aromatic N) is 2. The summed E-state index contributed by atoms with van der Waals surface area (Å²) in [6, 6.07) is 18.6. The number of hydrogen-bond acceptors (Lipinski definition) is 4. The van der Waals surface area contributed by atoms with Crippen LogP contribution in [0.1, 0.15) is 50.4 Å². The highest BCUT2D eigenvalue weighted by atomic mass is 32.2. The SMILES string of the molecule is CC(CCc1ccccc1)NC(=O)C(C)Sc1nc(C2CC2)nc2ccccc12. The van der Waals surface area contributed by atoms with E-state index in [0.717, 1.165) is 47.4 Å². The zero-order valence-corrected chi connectivity index (χ0v) is 17.8. The first-order valence-electron chi connectivity index (χ1n) is 10.4. The number of fused-ring (bicyclic) bond motifs is 1. The van der Waals surface area contributed by atoms with Crippen molar-refractivity contribution in [3.8, 4) is 0 Å². The van der Waals surface area contributed by atoms with Gasteiger partial charge in [-0.3, -0.25) is 4.79 Å². The third-order valence-corrected chi connectivity index (χ3v) is 6.39. The van der Waals surface area contributed by atoms with Crippen molar-refractivity contribution in [1.29, 1.82) is 0 Å². The molecule has 2 atom stereocenters. The van der Waals surface area contributed by atoms with E-state index in [-0.39, 0.29) is 17.2 Å². The molecular weight excluding hydrogens is 378 g/mol. The normalized spacial score (nSPS) is 15.8. The molecule has 2 aromatic carbocycles. The van der Waals surface area contributed by atoms with Crippen LogP contribution in [0, 0.1) is 0 Å². The summed E-state index contributed by atoms with van der Waals surface area (Å²) in [7, 11) is 0. The van der Waals surface area contributed by atoms with E-state index in [2.05, 4.69) is 36.5 Å². The molecule has 1 amide bonds. The minimum atomic E-state index is -0.209. The molecule has 1 aromatic heterocycles. The van der Waals surface area contributed by atoms with Gasteiger partial charge in [0.05, 0.1) is 10.8 Å². The van der Waals surface area contributed by atoms with E-state index in [4.69, 9.17) is 9.97 Å². The number of carbonyl (C=O) groups is 1. The van der Waals surface area contributed by atoms with Crippen molar-refractivity contribution >= 4 is 28.6 Å². The van der Waals surface area contributed by atoms with Crippen molar-refractivity contribution in [3.63, 3.8) is 0 Å². The lowest BCUT2D eigenvalue weighted by Gasteiger charge is -2.18. The fraction of sp³-hybridized carbons (Fsp3) is 0.375. The maximum absolute atomic E-state index is 12.8. The van der Waals surface area contributed by atoms with Crippen LogP contribution in [-0.2, 0) is 11.2 Å². The number of carbonyl (C=O) groups excluding carboxylic acids is 1.